The van der Waals surface area contributed by atoms with Crippen molar-refractivity contribution in [3.8, 4) is 17.1 Å². The van der Waals surface area contributed by atoms with Gasteiger partial charge < -0.3 is 14.6 Å². The fourth-order valence-electron chi connectivity index (χ4n) is 5.13. The van der Waals surface area contributed by atoms with Gasteiger partial charge in [0.25, 0.3) is 0 Å². The van der Waals surface area contributed by atoms with E-state index in [0.29, 0.717) is 23.9 Å². The molecule has 3 aromatic heterocycles. The summed E-state index contributed by atoms with van der Waals surface area (Å²) in [6.07, 6.45) is 4.85. The van der Waals surface area contributed by atoms with Crippen molar-refractivity contribution in [3.05, 3.63) is 41.7 Å². The predicted molar refractivity (Wildman–Crippen MR) is 137 cm³/mol. The van der Waals surface area contributed by atoms with Crippen LogP contribution in [0.4, 0.5) is 0 Å². The number of likely N-dealkylation sites (tertiary alicyclic amines) is 1. The summed E-state index contributed by atoms with van der Waals surface area (Å²) >= 11 is 0. The Hall–Kier alpha value is -2.98. The molecular formula is C25H32N6O3S. The number of rotatable bonds is 7. The summed E-state index contributed by atoms with van der Waals surface area (Å²) < 4.78 is 30.1. The van der Waals surface area contributed by atoms with E-state index in [4.69, 9.17) is 9.84 Å². The van der Waals surface area contributed by atoms with Gasteiger partial charge in [-0.25, -0.2) is 13.4 Å². The summed E-state index contributed by atoms with van der Waals surface area (Å²) in [7, 11) is -1.30. The lowest BCUT2D eigenvalue weighted by atomic mass is 9.87. The molecule has 0 spiro atoms. The fourth-order valence-corrected chi connectivity index (χ4v) is 5.72. The molecule has 0 amide bonds. The zero-order valence-electron chi connectivity index (χ0n) is 20.7. The molecule has 0 bridgehead atoms. The van der Waals surface area contributed by atoms with Gasteiger partial charge in [0.15, 0.2) is 5.75 Å². The number of fused-ring (bicyclic) bond motifs is 2. The molecule has 9 nitrogen and oxygen atoms in total. The normalized spacial score (nSPS) is 16.0. The molecule has 1 N–H and O–H groups in total. The first-order chi connectivity index (χ1) is 16.7. The summed E-state index contributed by atoms with van der Waals surface area (Å²) in [4.78, 5) is 10.1. The number of nitrogens with one attached hydrogen (secondary N) is 1. The van der Waals surface area contributed by atoms with Gasteiger partial charge in [0.2, 0.25) is 5.65 Å². The third kappa shape index (κ3) is 4.77. The molecule has 0 saturated carbocycles. The van der Waals surface area contributed by atoms with Crippen LogP contribution in [0.1, 0.15) is 49.7 Å². The number of sulfone groups is 1. The van der Waals surface area contributed by atoms with Crippen LogP contribution < -0.4 is 4.74 Å². The Bertz CT molecular complexity index is 1470. The number of ether oxygens (including phenoxy) is 1. The number of aromatic amines is 1. The predicted octanol–water partition coefficient (Wildman–Crippen LogP) is 3.63. The van der Waals surface area contributed by atoms with Crippen molar-refractivity contribution in [3.63, 3.8) is 0 Å². The summed E-state index contributed by atoms with van der Waals surface area (Å²) in [5.74, 6) is 1.61. The molecule has 0 radical (unpaired) electrons. The number of methoxy groups -OCH3 is 1. The molecule has 1 aliphatic heterocycles. The zero-order valence-corrected chi connectivity index (χ0v) is 21.5. The van der Waals surface area contributed by atoms with Gasteiger partial charge in [-0.15, -0.1) is 14.8 Å². The lowest BCUT2D eigenvalue weighted by Crippen LogP contribution is -2.36. The van der Waals surface area contributed by atoms with Crippen LogP contribution >= 0.6 is 0 Å². The van der Waals surface area contributed by atoms with Crippen LogP contribution in [-0.4, -0.2) is 76.9 Å². The van der Waals surface area contributed by atoms with E-state index >= 15 is 0 Å². The maximum Gasteiger partial charge on any atom is 0.218 e. The Morgan fingerprint density at radius 3 is 2.66 bits per heavy atom. The molecule has 186 valence electrons. The minimum atomic E-state index is -2.93. The van der Waals surface area contributed by atoms with E-state index < -0.39 is 9.84 Å². The number of piperidine rings is 1. The lowest BCUT2D eigenvalue weighted by molar-refractivity contribution is 0.223. The van der Waals surface area contributed by atoms with Gasteiger partial charge in [0.05, 0.1) is 18.6 Å². The van der Waals surface area contributed by atoms with Crippen LogP contribution in [0.2, 0.25) is 0 Å². The molecule has 1 fully saturated rings. The number of benzene rings is 1. The van der Waals surface area contributed by atoms with E-state index in [1.165, 1.54) is 33.7 Å². The molecule has 35 heavy (non-hydrogen) atoms. The topological polar surface area (TPSA) is 105 Å². The largest absolute Gasteiger partial charge is 0.493 e. The highest BCUT2D eigenvalue weighted by Gasteiger charge is 2.24. The van der Waals surface area contributed by atoms with Crippen molar-refractivity contribution in [2.24, 2.45) is 0 Å². The minimum absolute atomic E-state index is 0.229. The van der Waals surface area contributed by atoms with E-state index in [1.807, 2.05) is 6.07 Å². The number of hydrogen-bond acceptors (Lipinski definition) is 7. The maximum atomic E-state index is 11.5. The van der Waals surface area contributed by atoms with Crippen molar-refractivity contribution in [1.29, 1.82) is 0 Å². The molecule has 0 unspecified atom stereocenters. The lowest BCUT2D eigenvalue weighted by Gasteiger charge is -2.32. The average molecular weight is 497 g/mol. The number of nitrogens with zero attached hydrogens (tertiary/aromatic N) is 5. The summed E-state index contributed by atoms with van der Waals surface area (Å²) in [6.45, 7) is 6.87. The quantitative estimate of drug-likeness (QED) is 0.416. The molecule has 5 rings (SSSR count). The SMILES string of the molecule is COc1cc(-c2[nH]c3ccc(C4CCN(CCS(C)(=O)=O)CC4)cc3c2C(C)C)nn2ncnc12. The van der Waals surface area contributed by atoms with Crippen LogP contribution in [0.3, 0.4) is 0 Å². The Kier molecular flexibility index (Phi) is 6.27. The van der Waals surface area contributed by atoms with Crippen molar-refractivity contribution < 1.29 is 13.2 Å². The molecule has 4 heterocycles. The second-order valence-corrected chi connectivity index (χ2v) is 12.0. The first kappa shape index (κ1) is 23.7. The van der Waals surface area contributed by atoms with Crippen LogP contribution in [0.5, 0.6) is 5.75 Å². The van der Waals surface area contributed by atoms with Gasteiger partial charge in [-0.05, 0) is 61.0 Å². The van der Waals surface area contributed by atoms with Gasteiger partial charge in [-0.3, -0.25) is 0 Å². The smallest absolute Gasteiger partial charge is 0.218 e. The molecule has 0 atom stereocenters. The third-order valence-corrected chi connectivity index (χ3v) is 7.90. The standard InChI is InChI=1S/C25H32N6O3S/c1-16(2)23-19-13-18(17-7-9-30(10-8-17)11-12-35(4,32)33)5-6-20(19)28-24(23)21-14-22(34-3)25-26-15-27-31(25)29-21/h5-6,13-17,28H,7-12H2,1-4H3. The van der Waals surface area contributed by atoms with Gasteiger partial charge in [-0.1, -0.05) is 19.9 Å². The van der Waals surface area contributed by atoms with Crippen LogP contribution in [-0.2, 0) is 9.84 Å². The minimum Gasteiger partial charge on any atom is -0.493 e. The van der Waals surface area contributed by atoms with Crippen LogP contribution in [0.15, 0.2) is 30.6 Å². The molecule has 0 aliphatic carbocycles. The zero-order chi connectivity index (χ0) is 24.7. The molecule has 10 heteroatoms. The first-order valence-electron chi connectivity index (χ1n) is 12.0. The summed E-state index contributed by atoms with van der Waals surface area (Å²) in [6, 6.07) is 8.62. The van der Waals surface area contributed by atoms with Crippen molar-refractivity contribution in [2.45, 2.75) is 38.5 Å². The Labute approximate surface area is 205 Å². The third-order valence-electron chi connectivity index (χ3n) is 6.97. The Morgan fingerprint density at radius 1 is 1.20 bits per heavy atom. The highest BCUT2D eigenvalue weighted by Crippen LogP contribution is 2.38. The van der Waals surface area contributed by atoms with E-state index in [1.54, 1.807) is 7.11 Å². The second-order valence-electron chi connectivity index (χ2n) is 9.79. The average Bonchev–Trinajstić information content (AvgIpc) is 3.46. The fraction of sp³-hybridized carbons (Fsp3) is 0.480. The molecule has 1 aromatic carbocycles. The molecule has 4 aromatic rings. The van der Waals surface area contributed by atoms with E-state index in [-0.39, 0.29) is 11.7 Å². The van der Waals surface area contributed by atoms with E-state index in [9.17, 15) is 8.42 Å². The highest BCUT2D eigenvalue weighted by molar-refractivity contribution is 7.90. The van der Waals surface area contributed by atoms with Crippen molar-refractivity contribution in [2.75, 3.05) is 38.8 Å². The first-order valence-corrected chi connectivity index (χ1v) is 14.1. The van der Waals surface area contributed by atoms with Crippen LogP contribution in [0.25, 0.3) is 27.9 Å². The Balaban J connectivity index is 1.46. The molecule has 1 saturated heterocycles. The monoisotopic (exact) mass is 496 g/mol. The van der Waals surface area contributed by atoms with E-state index in [0.717, 1.165) is 42.8 Å². The second kappa shape index (κ2) is 9.23. The van der Waals surface area contributed by atoms with E-state index in [2.05, 4.69) is 52.0 Å². The van der Waals surface area contributed by atoms with Crippen molar-refractivity contribution in [1.82, 2.24) is 29.7 Å². The summed E-state index contributed by atoms with van der Waals surface area (Å²) in [5, 5.41) is 10.1. The van der Waals surface area contributed by atoms with Crippen molar-refractivity contribution >= 4 is 26.4 Å². The van der Waals surface area contributed by atoms with Crippen LogP contribution in [0, 0.1) is 0 Å². The summed E-state index contributed by atoms with van der Waals surface area (Å²) in [5.41, 5.74) is 5.96. The highest BCUT2D eigenvalue weighted by atomic mass is 32.2. The van der Waals surface area contributed by atoms with Gasteiger partial charge in [0.1, 0.15) is 21.9 Å². The number of H-pyrrole nitrogens is 1. The maximum absolute atomic E-state index is 11.5. The number of aromatic nitrogens is 5. The molecule has 1 aliphatic rings. The van der Waals surface area contributed by atoms with Gasteiger partial charge in [-0.2, -0.15) is 0 Å². The number of hydrogen-bond donors (Lipinski definition) is 1. The Morgan fingerprint density at radius 2 is 1.97 bits per heavy atom. The molecular weight excluding hydrogens is 464 g/mol. The van der Waals surface area contributed by atoms with Gasteiger partial charge >= 0.3 is 0 Å². The van der Waals surface area contributed by atoms with Gasteiger partial charge in [0, 0.05) is 29.8 Å².